The van der Waals surface area contributed by atoms with Crippen molar-refractivity contribution in [3.63, 3.8) is 0 Å². The number of piperazine rings is 1. The van der Waals surface area contributed by atoms with Crippen molar-refractivity contribution in [1.82, 2.24) is 14.5 Å². The Balaban J connectivity index is 1.68. The van der Waals surface area contributed by atoms with Gasteiger partial charge in [0, 0.05) is 48.7 Å². The molecule has 1 aromatic heterocycles. The van der Waals surface area contributed by atoms with Crippen LogP contribution >= 0.6 is 0 Å². The quantitative estimate of drug-likeness (QED) is 0.795. The molecule has 1 aliphatic rings. The van der Waals surface area contributed by atoms with Gasteiger partial charge in [0.2, 0.25) is 0 Å². The smallest absolute Gasteiger partial charge is 0.270 e. The highest BCUT2D eigenvalue weighted by Crippen LogP contribution is 2.16. The average molecular weight is 368 g/mol. The second-order valence-electron chi connectivity index (χ2n) is 7.06. The maximum Gasteiger partial charge on any atom is 0.270 e. The molecule has 1 aliphatic heterocycles. The lowest BCUT2D eigenvalue weighted by molar-refractivity contribution is 0.0857. The largest absolute Gasteiger partial charge is 0.301 e. The summed E-state index contributed by atoms with van der Waals surface area (Å²) < 4.78 is 1.71. The zero-order valence-corrected chi connectivity index (χ0v) is 16.4. The number of nitrogens with zero attached hydrogens (tertiary/aromatic N) is 3. The van der Waals surface area contributed by atoms with Gasteiger partial charge in [-0.2, -0.15) is 0 Å². The number of amides is 1. The molecular formula is C21H28N4O2. The summed E-state index contributed by atoms with van der Waals surface area (Å²) in [4.78, 5) is 29.9. The molecule has 0 saturated carbocycles. The average Bonchev–Trinajstić information content (AvgIpc) is 2.97. The summed E-state index contributed by atoms with van der Waals surface area (Å²) in [5.74, 6) is -0.0830. The summed E-state index contributed by atoms with van der Waals surface area (Å²) >= 11 is 0. The first-order valence-electron chi connectivity index (χ1n) is 9.53. The van der Waals surface area contributed by atoms with Crippen molar-refractivity contribution in [2.45, 2.75) is 20.8 Å². The maximum atomic E-state index is 12.8. The summed E-state index contributed by atoms with van der Waals surface area (Å²) in [6.07, 6.45) is 0. The fourth-order valence-corrected chi connectivity index (χ4v) is 3.52. The van der Waals surface area contributed by atoms with Crippen LogP contribution in [-0.4, -0.2) is 65.4 Å². The molecule has 0 atom stereocenters. The molecule has 27 heavy (non-hydrogen) atoms. The van der Waals surface area contributed by atoms with E-state index in [0.29, 0.717) is 17.7 Å². The van der Waals surface area contributed by atoms with E-state index in [1.165, 1.54) is 0 Å². The van der Waals surface area contributed by atoms with E-state index in [-0.39, 0.29) is 11.7 Å². The molecule has 1 fully saturated rings. The third kappa shape index (κ3) is 4.46. The van der Waals surface area contributed by atoms with Crippen LogP contribution < -0.4 is 5.43 Å². The van der Waals surface area contributed by atoms with Gasteiger partial charge >= 0.3 is 0 Å². The molecule has 3 rings (SSSR count). The van der Waals surface area contributed by atoms with E-state index in [0.717, 1.165) is 44.1 Å². The molecule has 1 saturated heterocycles. The minimum Gasteiger partial charge on any atom is -0.301 e. The van der Waals surface area contributed by atoms with Gasteiger partial charge in [-0.3, -0.25) is 24.6 Å². The Bertz CT molecular complexity index is 805. The molecule has 1 aromatic carbocycles. The van der Waals surface area contributed by atoms with E-state index < -0.39 is 0 Å². The van der Waals surface area contributed by atoms with Gasteiger partial charge in [0.05, 0.1) is 6.54 Å². The number of likely N-dealkylation sites (N-methyl/N-ethyl adjacent to an activating group) is 1. The Labute approximate surface area is 160 Å². The molecule has 144 valence electrons. The van der Waals surface area contributed by atoms with Crippen molar-refractivity contribution in [3.8, 4) is 0 Å². The van der Waals surface area contributed by atoms with E-state index in [1.807, 2.05) is 38.1 Å². The second kappa shape index (κ2) is 8.50. The van der Waals surface area contributed by atoms with Crippen LogP contribution in [0.25, 0.3) is 0 Å². The first-order valence-corrected chi connectivity index (χ1v) is 9.53. The monoisotopic (exact) mass is 368 g/mol. The first kappa shape index (κ1) is 19.3. The second-order valence-corrected chi connectivity index (χ2v) is 7.06. The van der Waals surface area contributed by atoms with E-state index in [4.69, 9.17) is 0 Å². The topological polar surface area (TPSA) is 57.6 Å². The summed E-state index contributed by atoms with van der Waals surface area (Å²) in [5, 5.41) is 0. The van der Waals surface area contributed by atoms with Crippen LogP contribution in [0.5, 0.6) is 0 Å². The van der Waals surface area contributed by atoms with Gasteiger partial charge in [-0.1, -0.05) is 25.1 Å². The van der Waals surface area contributed by atoms with Crippen LogP contribution in [0, 0.1) is 13.8 Å². The lowest BCUT2D eigenvalue weighted by Crippen LogP contribution is -2.47. The van der Waals surface area contributed by atoms with Crippen LogP contribution in [0.2, 0.25) is 0 Å². The molecule has 0 bridgehead atoms. The van der Waals surface area contributed by atoms with E-state index >= 15 is 0 Å². The van der Waals surface area contributed by atoms with E-state index in [2.05, 4.69) is 22.1 Å². The Hall–Kier alpha value is -2.44. The van der Waals surface area contributed by atoms with Crippen molar-refractivity contribution in [2.75, 3.05) is 44.7 Å². The number of hydrogen-bond acceptors (Lipinski definition) is 4. The Morgan fingerprint density at radius 1 is 1.00 bits per heavy atom. The van der Waals surface area contributed by atoms with Gasteiger partial charge in [0.25, 0.3) is 5.91 Å². The number of Topliss-reactive ketones (excluding diaryl/α,β-unsaturated/α-hetero) is 1. The number of ketones is 1. The standard InChI is InChI=1S/C21H28N4O2/c1-4-23-10-12-24(13-11-23)15-20(26)19-14-16(2)25(17(19)3)22-21(27)18-8-6-5-7-9-18/h5-9,14H,4,10-13,15H2,1-3H3,(H,22,27). The predicted octanol–water partition coefficient (Wildman–Crippen LogP) is 2.31. The number of rotatable bonds is 6. The number of carbonyl (C=O) groups is 2. The highest BCUT2D eigenvalue weighted by Gasteiger charge is 2.22. The number of hydrogen-bond donors (Lipinski definition) is 1. The lowest BCUT2D eigenvalue weighted by atomic mass is 10.1. The first-order chi connectivity index (χ1) is 13.0. The molecule has 1 amide bonds. The molecule has 1 N–H and O–H groups in total. The van der Waals surface area contributed by atoms with Crippen molar-refractivity contribution < 1.29 is 9.59 Å². The third-order valence-electron chi connectivity index (χ3n) is 5.26. The Kier molecular flexibility index (Phi) is 6.08. The number of carbonyl (C=O) groups excluding carboxylic acids is 2. The summed E-state index contributed by atoms with van der Waals surface area (Å²) in [6, 6.07) is 10.9. The van der Waals surface area contributed by atoms with Gasteiger partial charge in [0.15, 0.2) is 5.78 Å². The normalized spacial score (nSPS) is 15.7. The third-order valence-corrected chi connectivity index (χ3v) is 5.26. The molecule has 6 nitrogen and oxygen atoms in total. The molecule has 2 aromatic rings. The summed E-state index contributed by atoms with van der Waals surface area (Å²) in [5.41, 5.74) is 5.78. The minimum absolute atomic E-state index is 0.105. The van der Waals surface area contributed by atoms with E-state index in [9.17, 15) is 9.59 Å². The molecular weight excluding hydrogens is 340 g/mol. The Morgan fingerprint density at radius 3 is 2.26 bits per heavy atom. The van der Waals surface area contributed by atoms with Crippen LogP contribution in [-0.2, 0) is 0 Å². The van der Waals surface area contributed by atoms with Crippen molar-refractivity contribution in [3.05, 3.63) is 58.9 Å². The highest BCUT2D eigenvalue weighted by molar-refractivity contribution is 6.01. The maximum absolute atomic E-state index is 12.8. The van der Waals surface area contributed by atoms with Gasteiger partial charge < -0.3 is 4.90 Å². The number of aromatic nitrogens is 1. The molecule has 0 unspecified atom stereocenters. The van der Waals surface area contributed by atoms with Crippen molar-refractivity contribution in [2.24, 2.45) is 0 Å². The van der Waals surface area contributed by atoms with E-state index in [1.54, 1.807) is 16.8 Å². The summed E-state index contributed by atoms with van der Waals surface area (Å²) in [6.45, 7) is 11.3. The van der Waals surface area contributed by atoms with Crippen LogP contribution in [0.4, 0.5) is 0 Å². The fourth-order valence-electron chi connectivity index (χ4n) is 3.52. The lowest BCUT2D eigenvalue weighted by Gasteiger charge is -2.33. The van der Waals surface area contributed by atoms with Crippen molar-refractivity contribution in [1.29, 1.82) is 0 Å². The number of nitrogens with one attached hydrogen (secondary N) is 1. The zero-order valence-electron chi connectivity index (χ0n) is 16.4. The predicted molar refractivity (Wildman–Crippen MR) is 107 cm³/mol. The highest BCUT2D eigenvalue weighted by atomic mass is 16.2. The molecule has 0 radical (unpaired) electrons. The van der Waals surface area contributed by atoms with Gasteiger partial charge in [-0.25, -0.2) is 0 Å². The van der Waals surface area contributed by atoms with Crippen LogP contribution in [0.1, 0.15) is 39.0 Å². The number of benzene rings is 1. The zero-order chi connectivity index (χ0) is 19.4. The van der Waals surface area contributed by atoms with Crippen molar-refractivity contribution >= 4 is 11.7 Å². The van der Waals surface area contributed by atoms with Gasteiger partial charge in [0.1, 0.15) is 0 Å². The fraction of sp³-hybridized carbons (Fsp3) is 0.429. The Morgan fingerprint density at radius 2 is 1.63 bits per heavy atom. The molecule has 6 heteroatoms. The molecule has 0 aliphatic carbocycles. The number of aryl methyl sites for hydroxylation is 1. The SMILES string of the molecule is CCN1CCN(CC(=O)c2cc(C)n(NC(=O)c3ccccc3)c2C)CC1. The van der Waals surface area contributed by atoms with Gasteiger partial charge in [-0.15, -0.1) is 0 Å². The van der Waals surface area contributed by atoms with Crippen LogP contribution in [0.15, 0.2) is 36.4 Å². The molecule has 0 spiro atoms. The van der Waals surface area contributed by atoms with Crippen LogP contribution in [0.3, 0.4) is 0 Å². The molecule has 2 heterocycles. The minimum atomic E-state index is -0.188. The van der Waals surface area contributed by atoms with Gasteiger partial charge in [-0.05, 0) is 38.6 Å². The summed E-state index contributed by atoms with van der Waals surface area (Å²) in [7, 11) is 0.